The van der Waals surface area contributed by atoms with Crippen LogP contribution in [-0.4, -0.2) is 22.5 Å². The fourth-order valence-electron chi connectivity index (χ4n) is 3.28. The number of hydrogen-bond donors (Lipinski definition) is 1. The molecule has 1 amide bonds. The molecule has 2 aromatic carbocycles. The van der Waals surface area contributed by atoms with Gasteiger partial charge in [0.15, 0.2) is 0 Å². The number of aliphatic hydroxyl groups excluding tert-OH is 1. The second-order valence-corrected chi connectivity index (χ2v) is 6.90. The Kier molecular flexibility index (Phi) is 5.14. The van der Waals surface area contributed by atoms with E-state index < -0.39 is 0 Å². The smallest absolute Gasteiger partial charge is 0.227 e. The van der Waals surface area contributed by atoms with Gasteiger partial charge in [-0.15, -0.1) is 0 Å². The zero-order valence-electron chi connectivity index (χ0n) is 13.4. The van der Waals surface area contributed by atoms with Crippen molar-refractivity contribution in [3.05, 3.63) is 68.7 Å². The average molecular weight is 364 g/mol. The Bertz CT molecular complexity index is 753. The first-order chi connectivity index (χ1) is 11.5. The van der Waals surface area contributed by atoms with Gasteiger partial charge >= 0.3 is 0 Å². The highest BCUT2D eigenvalue weighted by molar-refractivity contribution is 6.36. The molecule has 5 heteroatoms. The van der Waals surface area contributed by atoms with Crippen LogP contribution in [0, 0.1) is 0 Å². The van der Waals surface area contributed by atoms with E-state index >= 15 is 0 Å². The molecular formula is C19H19Cl2NO2. The van der Waals surface area contributed by atoms with Crippen molar-refractivity contribution in [2.24, 2.45) is 0 Å². The molecule has 1 N–H and O–H groups in total. The summed E-state index contributed by atoms with van der Waals surface area (Å²) in [5.74, 6) is 0.0116. The molecule has 0 bridgehead atoms. The van der Waals surface area contributed by atoms with Gasteiger partial charge in [-0.3, -0.25) is 4.79 Å². The maximum atomic E-state index is 12.8. The lowest BCUT2D eigenvalue weighted by atomic mass is 9.93. The Morgan fingerprint density at radius 1 is 1.25 bits per heavy atom. The third-order valence-corrected chi connectivity index (χ3v) is 5.30. The maximum absolute atomic E-state index is 12.8. The number of carbonyl (C=O) groups is 1. The van der Waals surface area contributed by atoms with E-state index in [1.54, 1.807) is 12.1 Å². The van der Waals surface area contributed by atoms with Gasteiger partial charge in [0.1, 0.15) is 0 Å². The first-order valence-electron chi connectivity index (χ1n) is 7.96. The number of amides is 1. The van der Waals surface area contributed by atoms with Gasteiger partial charge in [0.2, 0.25) is 5.91 Å². The molecule has 1 aliphatic rings. The number of rotatable bonds is 3. The fraction of sp³-hybridized carbons (Fsp3) is 0.316. The van der Waals surface area contributed by atoms with Crippen molar-refractivity contribution >= 4 is 29.1 Å². The van der Waals surface area contributed by atoms with E-state index in [1.807, 2.05) is 24.0 Å². The highest BCUT2D eigenvalue weighted by Crippen LogP contribution is 2.32. The molecule has 2 aromatic rings. The molecule has 0 saturated carbocycles. The van der Waals surface area contributed by atoms with Crippen molar-refractivity contribution < 1.29 is 9.90 Å². The molecule has 1 unspecified atom stereocenters. The van der Waals surface area contributed by atoms with Crippen LogP contribution in [-0.2, 0) is 24.2 Å². The lowest BCUT2D eigenvalue weighted by Gasteiger charge is -2.35. The van der Waals surface area contributed by atoms with Crippen LogP contribution in [0.5, 0.6) is 0 Å². The number of halogens is 2. The number of fused-ring (bicyclic) bond motifs is 1. The first-order valence-corrected chi connectivity index (χ1v) is 8.71. The third-order valence-electron chi connectivity index (χ3n) is 4.63. The largest absolute Gasteiger partial charge is 0.392 e. The van der Waals surface area contributed by atoms with Crippen LogP contribution in [0.2, 0.25) is 10.0 Å². The van der Waals surface area contributed by atoms with Crippen molar-refractivity contribution in [2.45, 2.75) is 32.4 Å². The Labute approximate surface area is 151 Å². The Balaban J connectivity index is 1.82. The number of nitrogens with zero attached hydrogens (tertiary/aromatic N) is 1. The molecule has 3 nitrogen and oxygen atoms in total. The topological polar surface area (TPSA) is 40.5 Å². The molecule has 0 aromatic heterocycles. The summed E-state index contributed by atoms with van der Waals surface area (Å²) in [6.45, 7) is 2.61. The van der Waals surface area contributed by atoms with E-state index in [0.717, 1.165) is 6.42 Å². The van der Waals surface area contributed by atoms with Crippen LogP contribution in [0.25, 0.3) is 0 Å². The third kappa shape index (κ3) is 3.30. The van der Waals surface area contributed by atoms with E-state index in [9.17, 15) is 9.90 Å². The number of benzene rings is 2. The average Bonchev–Trinajstić information content (AvgIpc) is 2.58. The van der Waals surface area contributed by atoms with Crippen LogP contribution in [0.3, 0.4) is 0 Å². The van der Waals surface area contributed by atoms with E-state index in [4.69, 9.17) is 23.2 Å². The zero-order valence-corrected chi connectivity index (χ0v) is 14.9. The van der Waals surface area contributed by atoms with E-state index in [-0.39, 0.29) is 25.0 Å². The molecule has 0 radical (unpaired) electrons. The summed E-state index contributed by atoms with van der Waals surface area (Å²) in [7, 11) is 0. The van der Waals surface area contributed by atoms with Crippen LogP contribution in [0.1, 0.15) is 35.2 Å². The molecule has 3 rings (SSSR count). The lowest BCUT2D eigenvalue weighted by molar-refractivity contribution is -0.133. The number of aliphatic hydroxyl groups is 1. The predicted molar refractivity (Wildman–Crippen MR) is 96.4 cm³/mol. The molecule has 0 spiro atoms. The molecule has 1 heterocycles. The number of carbonyl (C=O) groups excluding carboxylic acids is 1. The van der Waals surface area contributed by atoms with Gasteiger partial charge in [-0.1, -0.05) is 47.5 Å². The highest BCUT2D eigenvalue weighted by atomic mass is 35.5. The van der Waals surface area contributed by atoms with Crippen LogP contribution in [0.15, 0.2) is 36.4 Å². The summed E-state index contributed by atoms with van der Waals surface area (Å²) < 4.78 is 0. The van der Waals surface area contributed by atoms with Crippen molar-refractivity contribution in [2.75, 3.05) is 6.54 Å². The van der Waals surface area contributed by atoms with E-state index in [1.165, 1.54) is 11.1 Å². The van der Waals surface area contributed by atoms with E-state index in [0.29, 0.717) is 27.7 Å². The minimum atomic E-state index is -0.131. The van der Waals surface area contributed by atoms with Gasteiger partial charge in [-0.25, -0.2) is 0 Å². The van der Waals surface area contributed by atoms with Gasteiger partial charge < -0.3 is 10.0 Å². The molecule has 126 valence electrons. The van der Waals surface area contributed by atoms with Gasteiger partial charge in [-0.2, -0.15) is 0 Å². The first kappa shape index (κ1) is 17.3. The Morgan fingerprint density at radius 2 is 1.92 bits per heavy atom. The lowest BCUT2D eigenvalue weighted by Crippen LogP contribution is -2.39. The van der Waals surface area contributed by atoms with Gasteiger partial charge in [0, 0.05) is 16.6 Å². The molecule has 0 fully saturated rings. The molecule has 0 saturated heterocycles. The second-order valence-electron chi connectivity index (χ2n) is 6.08. The number of hydrogen-bond acceptors (Lipinski definition) is 2. The predicted octanol–water partition coefficient (Wildman–Crippen LogP) is 4.17. The fourth-order valence-corrected chi connectivity index (χ4v) is 3.95. The van der Waals surface area contributed by atoms with E-state index in [2.05, 4.69) is 12.1 Å². The monoisotopic (exact) mass is 363 g/mol. The van der Waals surface area contributed by atoms with Crippen LogP contribution < -0.4 is 0 Å². The van der Waals surface area contributed by atoms with Gasteiger partial charge in [-0.05, 0) is 47.7 Å². The van der Waals surface area contributed by atoms with Gasteiger partial charge in [0.25, 0.3) is 0 Å². The van der Waals surface area contributed by atoms with Crippen molar-refractivity contribution in [3.8, 4) is 0 Å². The summed E-state index contributed by atoms with van der Waals surface area (Å²) >= 11 is 12.5. The Hall–Kier alpha value is -1.55. The van der Waals surface area contributed by atoms with Crippen molar-refractivity contribution in [1.29, 1.82) is 0 Å². The van der Waals surface area contributed by atoms with Gasteiger partial charge in [0.05, 0.1) is 19.1 Å². The normalized spacial score (nSPS) is 16.8. The maximum Gasteiger partial charge on any atom is 0.227 e. The zero-order chi connectivity index (χ0) is 17.3. The minimum Gasteiger partial charge on any atom is -0.392 e. The SMILES string of the molecule is CC1c2ccccc2CCN1C(=O)Cc1c(Cl)cc(CO)cc1Cl. The molecule has 0 aliphatic carbocycles. The summed E-state index contributed by atoms with van der Waals surface area (Å²) in [5.41, 5.74) is 3.76. The van der Waals surface area contributed by atoms with Crippen LogP contribution in [0.4, 0.5) is 0 Å². The Morgan fingerprint density at radius 3 is 2.58 bits per heavy atom. The molecule has 24 heavy (non-hydrogen) atoms. The van der Waals surface area contributed by atoms with Crippen LogP contribution >= 0.6 is 23.2 Å². The summed E-state index contributed by atoms with van der Waals surface area (Å²) in [5, 5.41) is 10.0. The second kappa shape index (κ2) is 7.14. The summed E-state index contributed by atoms with van der Waals surface area (Å²) in [6.07, 6.45) is 1.02. The molecule has 1 aliphatic heterocycles. The minimum absolute atomic E-state index is 0.0116. The standard InChI is InChI=1S/C19H19Cl2NO2/c1-12-15-5-3-2-4-14(15)6-7-22(12)19(24)10-16-17(20)8-13(11-23)9-18(16)21/h2-5,8-9,12,23H,6-7,10-11H2,1H3. The van der Waals surface area contributed by atoms with Crippen molar-refractivity contribution in [1.82, 2.24) is 4.90 Å². The summed E-state index contributed by atoms with van der Waals surface area (Å²) in [6, 6.07) is 11.6. The quantitative estimate of drug-likeness (QED) is 0.888. The highest BCUT2D eigenvalue weighted by Gasteiger charge is 2.28. The molecular weight excluding hydrogens is 345 g/mol. The summed E-state index contributed by atoms with van der Waals surface area (Å²) in [4.78, 5) is 14.7. The van der Waals surface area contributed by atoms with Crippen molar-refractivity contribution in [3.63, 3.8) is 0 Å². The molecule has 1 atom stereocenters.